The Balaban J connectivity index is 1.80. The van der Waals surface area contributed by atoms with Gasteiger partial charge in [-0.25, -0.2) is 8.42 Å². The summed E-state index contributed by atoms with van der Waals surface area (Å²) in [7, 11) is -3.73. The fraction of sp³-hybridized carbons (Fsp3) is 0.364. The van der Waals surface area contributed by atoms with E-state index < -0.39 is 22.5 Å². The third kappa shape index (κ3) is 5.75. The van der Waals surface area contributed by atoms with E-state index in [1.807, 2.05) is 6.92 Å². The molecule has 1 heterocycles. The Morgan fingerprint density at radius 1 is 1.10 bits per heavy atom. The van der Waals surface area contributed by atoms with Gasteiger partial charge in [0.25, 0.3) is 5.91 Å². The minimum absolute atomic E-state index is 0.141. The van der Waals surface area contributed by atoms with Crippen LogP contribution in [0, 0.1) is 0 Å². The van der Waals surface area contributed by atoms with Crippen LogP contribution < -0.4 is 14.4 Å². The molecule has 8 nitrogen and oxygen atoms in total. The molecule has 0 spiro atoms. The standard InChI is InChI=1S/C22H27N3O5S/c1-3-30-18-10-8-9-17(15-18)25(31(2,28)29)16-21(26)23-20-12-5-4-11-19(20)22(27)24-13-6-7-14-24/h4-5,8-12,15H,3,6-7,13-14,16H2,1-2H3,(H,23,26). The van der Waals surface area contributed by atoms with Crippen LogP contribution in [0.5, 0.6) is 5.75 Å². The highest BCUT2D eigenvalue weighted by Crippen LogP contribution is 2.24. The van der Waals surface area contributed by atoms with E-state index in [2.05, 4.69) is 5.32 Å². The molecular weight excluding hydrogens is 418 g/mol. The number of carbonyl (C=O) groups is 2. The number of benzene rings is 2. The van der Waals surface area contributed by atoms with Gasteiger partial charge in [-0.05, 0) is 44.0 Å². The number of ether oxygens (including phenoxy) is 1. The van der Waals surface area contributed by atoms with Crippen molar-refractivity contribution in [2.75, 3.05) is 42.1 Å². The van der Waals surface area contributed by atoms with E-state index in [1.165, 1.54) is 0 Å². The lowest BCUT2D eigenvalue weighted by Crippen LogP contribution is -2.38. The summed E-state index contributed by atoms with van der Waals surface area (Å²) < 4.78 is 31.2. The van der Waals surface area contributed by atoms with Gasteiger partial charge < -0.3 is 15.0 Å². The molecule has 3 rings (SSSR count). The van der Waals surface area contributed by atoms with Crippen LogP contribution in [-0.4, -0.2) is 57.6 Å². The predicted molar refractivity (Wildman–Crippen MR) is 120 cm³/mol. The Morgan fingerprint density at radius 2 is 1.81 bits per heavy atom. The molecule has 2 amide bonds. The minimum Gasteiger partial charge on any atom is -0.494 e. The lowest BCUT2D eigenvalue weighted by atomic mass is 10.1. The van der Waals surface area contributed by atoms with Crippen LogP contribution in [0.2, 0.25) is 0 Å². The van der Waals surface area contributed by atoms with Gasteiger partial charge in [-0.2, -0.15) is 0 Å². The summed E-state index contributed by atoms with van der Waals surface area (Å²) in [5, 5.41) is 2.70. The number of hydrogen-bond acceptors (Lipinski definition) is 5. The van der Waals surface area contributed by atoms with Gasteiger partial charge in [-0.3, -0.25) is 13.9 Å². The number of likely N-dealkylation sites (tertiary alicyclic amines) is 1. The topological polar surface area (TPSA) is 96.0 Å². The maximum absolute atomic E-state index is 12.8. The first kappa shape index (κ1) is 22.6. The summed E-state index contributed by atoms with van der Waals surface area (Å²) in [6.07, 6.45) is 2.97. The molecule has 9 heteroatoms. The van der Waals surface area contributed by atoms with Gasteiger partial charge in [0.05, 0.1) is 29.8 Å². The van der Waals surface area contributed by atoms with E-state index >= 15 is 0 Å². The molecule has 2 aromatic rings. The second kappa shape index (κ2) is 9.82. The third-order valence-corrected chi connectivity index (χ3v) is 6.07. The van der Waals surface area contributed by atoms with E-state index in [1.54, 1.807) is 53.4 Å². The van der Waals surface area contributed by atoms with Crippen molar-refractivity contribution in [2.24, 2.45) is 0 Å². The SMILES string of the molecule is CCOc1cccc(N(CC(=O)Nc2ccccc2C(=O)N2CCCC2)S(C)(=O)=O)c1. The van der Waals surface area contributed by atoms with Crippen LogP contribution in [0.15, 0.2) is 48.5 Å². The molecule has 1 saturated heterocycles. The van der Waals surface area contributed by atoms with Gasteiger partial charge in [-0.15, -0.1) is 0 Å². The zero-order valence-corrected chi connectivity index (χ0v) is 18.5. The maximum Gasteiger partial charge on any atom is 0.255 e. The quantitative estimate of drug-likeness (QED) is 0.674. The second-order valence-electron chi connectivity index (χ2n) is 7.29. The highest BCUT2D eigenvalue weighted by Gasteiger charge is 2.24. The molecule has 1 aliphatic rings. The Hall–Kier alpha value is -3.07. The van der Waals surface area contributed by atoms with Crippen LogP contribution in [0.1, 0.15) is 30.1 Å². The molecule has 1 aliphatic heterocycles. The normalized spacial score (nSPS) is 13.7. The first-order valence-corrected chi connectivity index (χ1v) is 12.0. The van der Waals surface area contributed by atoms with Gasteiger partial charge in [0.1, 0.15) is 12.3 Å². The number of sulfonamides is 1. The van der Waals surface area contributed by atoms with Crippen LogP contribution in [-0.2, 0) is 14.8 Å². The molecule has 0 atom stereocenters. The molecule has 166 valence electrons. The monoisotopic (exact) mass is 445 g/mol. The average molecular weight is 446 g/mol. The summed E-state index contributed by atoms with van der Waals surface area (Å²) >= 11 is 0. The van der Waals surface area contributed by atoms with E-state index in [0.717, 1.165) is 23.4 Å². The first-order chi connectivity index (χ1) is 14.8. The van der Waals surface area contributed by atoms with Gasteiger partial charge in [-0.1, -0.05) is 18.2 Å². The Labute approximate surface area is 182 Å². The van der Waals surface area contributed by atoms with E-state index in [0.29, 0.717) is 42.4 Å². The summed E-state index contributed by atoms with van der Waals surface area (Å²) in [6, 6.07) is 13.3. The number of para-hydroxylation sites is 1. The fourth-order valence-electron chi connectivity index (χ4n) is 3.48. The van der Waals surface area contributed by atoms with Crippen molar-refractivity contribution in [3.63, 3.8) is 0 Å². The Morgan fingerprint density at radius 3 is 2.48 bits per heavy atom. The van der Waals surface area contributed by atoms with Crippen molar-refractivity contribution in [2.45, 2.75) is 19.8 Å². The average Bonchev–Trinajstić information content (AvgIpc) is 3.26. The lowest BCUT2D eigenvalue weighted by Gasteiger charge is -2.23. The molecule has 2 aromatic carbocycles. The fourth-order valence-corrected chi connectivity index (χ4v) is 4.33. The molecule has 0 saturated carbocycles. The summed E-state index contributed by atoms with van der Waals surface area (Å²) in [4.78, 5) is 27.3. The van der Waals surface area contributed by atoms with E-state index in [9.17, 15) is 18.0 Å². The molecule has 31 heavy (non-hydrogen) atoms. The Bertz CT molecular complexity index is 1050. The number of anilines is 2. The van der Waals surface area contributed by atoms with Crippen molar-refractivity contribution in [1.82, 2.24) is 4.90 Å². The van der Waals surface area contributed by atoms with Gasteiger partial charge in [0.2, 0.25) is 15.9 Å². The smallest absolute Gasteiger partial charge is 0.255 e. The van der Waals surface area contributed by atoms with Crippen LogP contribution >= 0.6 is 0 Å². The molecular formula is C22H27N3O5S. The second-order valence-corrected chi connectivity index (χ2v) is 9.20. The van der Waals surface area contributed by atoms with Crippen LogP contribution in [0.3, 0.4) is 0 Å². The lowest BCUT2D eigenvalue weighted by molar-refractivity contribution is -0.114. The van der Waals surface area contributed by atoms with Crippen molar-refractivity contribution >= 4 is 33.2 Å². The number of hydrogen-bond donors (Lipinski definition) is 1. The first-order valence-electron chi connectivity index (χ1n) is 10.2. The summed E-state index contributed by atoms with van der Waals surface area (Å²) in [5.41, 5.74) is 1.08. The van der Waals surface area contributed by atoms with Crippen molar-refractivity contribution < 1.29 is 22.7 Å². The zero-order valence-electron chi connectivity index (χ0n) is 17.7. The van der Waals surface area contributed by atoms with Gasteiger partial charge >= 0.3 is 0 Å². The molecule has 1 N–H and O–H groups in total. The number of nitrogens with one attached hydrogen (secondary N) is 1. The third-order valence-electron chi connectivity index (χ3n) is 4.93. The van der Waals surface area contributed by atoms with Crippen molar-refractivity contribution in [3.8, 4) is 5.75 Å². The van der Waals surface area contributed by atoms with Crippen LogP contribution in [0.25, 0.3) is 0 Å². The van der Waals surface area contributed by atoms with Gasteiger partial charge in [0.15, 0.2) is 0 Å². The number of nitrogens with zero attached hydrogens (tertiary/aromatic N) is 2. The van der Waals surface area contributed by atoms with Crippen LogP contribution in [0.4, 0.5) is 11.4 Å². The Kier molecular flexibility index (Phi) is 7.17. The largest absolute Gasteiger partial charge is 0.494 e. The molecule has 0 aliphatic carbocycles. The van der Waals surface area contributed by atoms with Crippen molar-refractivity contribution in [3.05, 3.63) is 54.1 Å². The maximum atomic E-state index is 12.8. The van der Waals surface area contributed by atoms with Gasteiger partial charge in [0, 0.05) is 19.2 Å². The summed E-state index contributed by atoms with van der Waals surface area (Å²) in [5.74, 6) is -0.178. The predicted octanol–water partition coefficient (Wildman–Crippen LogP) is 2.73. The summed E-state index contributed by atoms with van der Waals surface area (Å²) in [6.45, 7) is 3.22. The van der Waals surface area contributed by atoms with Crippen molar-refractivity contribution in [1.29, 1.82) is 0 Å². The molecule has 1 fully saturated rings. The van der Waals surface area contributed by atoms with E-state index in [-0.39, 0.29) is 5.91 Å². The molecule has 0 aromatic heterocycles. The number of amides is 2. The molecule has 0 bridgehead atoms. The molecule has 0 radical (unpaired) electrons. The zero-order chi connectivity index (χ0) is 22.4. The number of carbonyl (C=O) groups excluding carboxylic acids is 2. The highest BCUT2D eigenvalue weighted by atomic mass is 32.2. The van der Waals surface area contributed by atoms with E-state index in [4.69, 9.17) is 4.74 Å². The number of rotatable bonds is 8. The minimum atomic E-state index is -3.73. The molecule has 0 unspecified atom stereocenters. The highest BCUT2D eigenvalue weighted by molar-refractivity contribution is 7.92.